The Labute approximate surface area is 128 Å². The van der Waals surface area contributed by atoms with Gasteiger partial charge in [0.2, 0.25) is 0 Å². The van der Waals surface area contributed by atoms with Gasteiger partial charge in [-0.1, -0.05) is 0 Å². The highest BCUT2D eigenvalue weighted by molar-refractivity contribution is 5.97. The first-order valence-electron chi connectivity index (χ1n) is 7.00. The van der Waals surface area contributed by atoms with Crippen molar-refractivity contribution >= 4 is 23.6 Å². The van der Waals surface area contributed by atoms with Crippen molar-refractivity contribution in [1.29, 1.82) is 0 Å². The zero-order valence-electron chi connectivity index (χ0n) is 12.6. The summed E-state index contributed by atoms with van der Waals surface area (Å²) in [5.41, 5.74) is 1.01. The number of benzene rings is 1. The summed E-state index contributed by atoms with van der Waals surface area (Å²) in [6.45, 7) is -0.181. The number of carbonyl (C=O) groups is 3. The summed E-state index contributed by atoms with van der Waals surface area (Å²) in [7, 11) is 3.02. The summed E-state index contributed by atoms with van der Waals surface area (Å²) in [6.07, 6.45) is 2.09. The Bertz CT molecular complexity index is 567. The second-order valence-corrected chi connectivity index (χ2v) is 5.11. The summed E-state index contributed by atoms with van der Waals surface area (Å²) in [4.78, 5) is 36.3. The van der Waals surface area contributed by atoms with Crippen LogP contribution in [0.15, 0.2) is 24.3 Å². The van der Waals surface area contributed by atoms with Crippen molar-refractivity contribution in [3.05, 3.63) is 29.8 Å². The summed E-state index contributed by atoms with van der Waals surface area (Å²) in [5, 5.41) is 5.21. The Kier molecular flexibility index (Phi) is 4.98. The number of hydrogen-bond donors (Lipinski definition) is 2. The summed E-state index contributed by atoms with van der Waals surface area (Å²) >= 11 is 0. The fourth-order valence-corrected chi connectivity index (χ4v) is 1.87. The normalized spacial score (nSPS) is 13.2. The van der Waals surface area contributed by atoms with Crippen LogP contribution in [0.2, 0.25) is 0 Å². The van der Waals surface area contributed by atoms with Gasteiger partial charge in [-0.2, -0.15) is 0 Å². The molecule has 1 saturated carbocycles. The van der Waals surface area contributed by atoms with Gasteiger partial charge in [0, 0.05) is 24.3 Å². The Balaban J connectivity index is 1.87. The molecular weight excluding hydrogens is 286 g/mol. The van der Waals surface area contributed by atoms with Crippen LogP contribution in [-0.4, -0.2) is 49.6 Å². The number of methoxy groups -OCH3 is 1. The maximum atomic E-state index is 11.9. The number of anilines is 1. The maximum Gasteiger partial charge on any atom is 0.325 e. The summed E-state index contributed by atoms with van der Waals surface area (Å²) in [5.74, 6) is -0.890. The Morgan fingerprint density at radius 1 is 1.23 bits per heavy atom. The maximum absolute atomic E-state index is 11.9. The lowest BCUT2D eigenvalue weighted by molar-refractivity contribution is -0.139. The Hall–Kier alpha value is -2.57. The van der Waals surface area contributed by atoms with E-state index in [2.05, 4.69) is 15.4 Å². The van der Waals surface area contributed by atoms with E-state index >= 15 is 0 Å². The molecule has 1 aliphatic carbocycles. The topological polar surface area (TPSA) is 87.7 Å². The second-order valence-electron chi connectivity index (χ2n) is 5.11. The first kappa shape index (κ1) is 15.8. The Morgan fingerprint density at radius 3 is 2.41 bits per heavy atom. The second kappa shape index (κ2) is 6.93. The van der Waals surface area contributed by atoms with E-state index in [0.29, 0.717) is 17.3 Å². The van der Waals surface area contributed by atoms with Gasteiger partial charge in [0.15, 0.2) is 0 Å². The third-order valence-electron chi connectivity index (χ3n) is 3.43. The minimum atomic E-state index is -0.514. The van der Waals surface area contributed by atoms with E-state index in [0.717, 1.165) is 12.8 Å². The average Bonchev–Trinajstić information content (AvgIpc) is 3.36. The first-order valence-corrected chi connectivity index (χ1v) is 7.00. The summed E-state index contributed by atoms with van der Waals surface area (Å²) < 4.78 is 4.44. The lowest BCUT2D eigenvalue weighted by atomic mass is 10.2. The molecule has 0 radical (unpaired) electrons. The number of carbonyl (C=O) groups excluding carboxylic acids is 3. The number of ether oxygens (including phenoxy) is 1. The van der Waals surface area contributed by atoms with E-state index < -0.39 is 5.97 Å². The molecule has 2 rings (SSSR count). The highest BCUT2D eigenvalue weighted by Crippen LogP contribution is 2.25. The zero-order chi connectivity index (χ0) is 16.1. The van der Waals surface area contributed by atoms with Crippen LogP contribution < -0.4 is 10.6 Å². The van der Waals surface area contributed by atoms with Crippen LogP contribution in [0.25, 0.3) is 0 Å². The van der Waals surface area contributed by atoms with Crippen LogP contribution in [0.5, 0.6) is 0 Å². The lowest BCUT2D eigenvalue weighted by Gasteiger charge is -2.17. The van der Waals surface area contributed by atoms with E-state index in [9.17, 15) is 14.4 Å². The van der Waals surface area contributed by atoms with Crippen LogP contribution in [0.3, 0.4) is 0 Å². The largest absolute Gasteiger partial charge is 0.468 e. The van der Waals surface area contributed by atoms with Gasteiger partial charge >= 0.3 is 12.0 Å². The third-order valence-corrected chi connectivity index (χ3v) is 3.43. The highest BCUT2D eigenvalue weighted by atomic mass is 16.5. The smallest absolute Gasteiger partial charge is 0.325 e. The molecule has 1 aromatic carbocycles. The van der Waals surface area contributed by atoms with Gasteiger partial charge in [-0.3, -0.25) is 9.59 Å². The van der Waals surface area contributed by atoms with Gasteiger partial charge in [0.05, 0.1) is 7.11 Å². The van der Waals surface area contributed by atoms with Crippen molar-refractivity contribution in [2.75, 3.05) is 26.0 Å². The SMILES string of the molecule is COC(=O)CNC(=O)c1ccc(NC(=O)N(C)C2CC2)cc1. The number of esters is 1. The number of amides is 3. The van der Waals surface area contributed by atoms with Gasteiger partial charge in [0.25, 0.3) is 5.91 Å². The number of urea groups is 1. The highest BCUT2D eigenvalue weighted by Gasteiger charge is 2.29. The molecule has 1 aliphatic rings. The van der Waals surface area contributed by atoms with Crippen molar-refractivity contribution in [2.24, 2.45) is 0 Å². The Morgan fingerprint density at radius 2 is 1.86 bits per heavy atom. The molecule has 1 aromatic rings. The van der Waals surface area contributed by atoms with Gasteiger partial charge in [-0.05, 0) is 37.1 Å². The fourth-order valence-electron chi connectivity index (χ4n) is 1.87. The molecule has 7 nitrogen and oxygen atoms in total. The molecule has 0 spiro atoms. The van der Waals surface area contributed by atoms with E-state index in [1.165, 1.54) is 7.11 Å². The molecule has 7 heteroatoms. The molecule has 0 bridgehead atoms. The molecule has 0 unspecified atom stereocenters. The molecule has 0 atom stereocenters. The first-order chi connectivity index (χ1) is 10.5. The van der Waals surface area contributed by atoms with Gasteiger partial charge in [-0.25, -0.2) is 4.79 Å². The zero-order valence-corrected chi connectivity index (χ0v) is 12.6. The van der Waals surface area contributed by atoms with E-state index in [4.69, 9.17) is 0 Å². The average molecular weight is 305 g/mol. The standard InChI is InChI=1S/C15H19N3O4/c1-18(12-7-8-12)15(21)17-11-5-3-10(4-6-11)14(20)16-9-13(19)22-2/h3-6,12H,7-9H2,1-2H3,(H,16,20)(H,17,21). The molecule has 22 heavy (non-hydrogen) atoms. The van der Waals surface area contributed by atoms with Crippen LogP contribution in [0, 0.1) is 0 Å². The minimum absolute atomic E-state index is 0.162. The van der Waals surface area contributed by atoms with Crippen molar-refractivity contribution in [3.63, 3.8) is 0 Å². The molecule has 3 amide bonds. The van der Waals surface area contributed by atoms with Crippen molar-refractivity contribution in [1.82, 2.24) is 10.2 Å². The van der Waals surface area contributed by atoms with Crippen LogP contribution in [0.1, 0.15) is 23.2 Å². The molecule has 2 N–H and O–H groups in total. The molecule has 0 saturated heterocycles. The van der Waals surface area contributed by atoms with E-state index in [-0.39, 0.29) is 18.5 Å². The van der Waals surface area contributed by atoms with Crippen LogP contribution in [0.4, 0.5) is 10.5 Å². The number of nitrogens with one attached hydrogen (secondary N) is 2. The fraction of sp³-hybridized carbons (Fsp3) is 0.400. The van der Waals surface area contributed by atoms with Crippen molar-refractivity contribution in [3.8, 4) is 0 Å². The van der Waals surface area contributed by atoms with Crippen LogP contribution >= 0.6 is 0 Å². The van der Waals surface area contributed by atoms with E-state index in [1.54, 1.807) is 36.2 Å². The number of nitrogens with zero attached hydrogens (tertiary/aromatic N) is 1. The number of hydrogen-bond acceptors (Lipinski definition) is 4. The minimum Gasteiger partial charge on any atom is -0.468 e. The molecule has 0 aromatic heterocycles. The molecule has 118 valence electrons. The van der Waals surface area contributed by atoms with E-state index in [1.807, 2.05) is 0 Å². The van der Waals surface area contributed by atoms with Gasteiger partial charge < -0.3 is 20.3 Å². The van der Waals surface area contributed by atoms with Gasteiger partial charge in [0.1, 0.15) is 6.54 Å². The van der Waals surface area contributed by atoms with Crippen molar-refractivity contribution in [2.45, 2.75) is 18.9 Å². The van der Waals surface area contributed by atoms with Crippen molar-refractivity contribution < 1.29 is 19.1 Å². The molecular formula is C15H19N3O4. The monoisotopic (exact) mass is 305 g/mol. The van der Waals surface area contributed by atoms with Gasteiger partial charge in [-0.15, -0.1) is 0 Å². The lowest BCUT2D eigenvalue weighted by Crippen LogP contribution is -2.33. The molecule has 0 aliphatic heterocycles. The third kappa shape index (κ3) is 4.21. The predicted octanol–water partition coefficient (Wildman–Crippen LogP) is 1.22. The summed E-state index contributed by atoms with van der Waals surface area (Å²) in [6, 6.07) is 6.63. The van der Waals surface area contributed by atoms with Crippen LogP contribution in [-0.2, 0) is 9.53 Å². The predicted molar refractivity (Wildman–Crippen MR) is 80.6 cm³/mol. The molecule has 1 fully saturated rings. The molecule has 0 heterocycles. The number of rotatable bonds is 5. The quantitative estimate of drug-likeness (QED) is 0.801.